The molecule has 0 spiro atoms. The van der Waals surface area contributed by atoms with Gasteiger partial charge in [-0.2, -0.15) is 11.8 Å². The minimum atomic E-state index is 0.0245. The molecule has 1 fully saturated rings. The van der Waals surface area contributed by atoms with Gasteiger partial charge >= 0.3 is 5.69 Å². The average molecular weight is 385 g/mol. The Morgan fingerprint density at radius 1 is 0.750 bits per heavy atom. The first-order valence-corrected chi connectivity index (χ1v) is 10.5. The predicted molar refractivity (Wildman–Crippen MR) is 117 cm³/mol. The van der Waals surface area contributed by atoms with Crippen LogP contribution >= 0.6 is 11.8 Å². The Morgan fingerprint density at radius 3 is 1.79 bits per heavy atom. The van der Waals surface area contributed by atoms with E-state index in [0.29, 0.717) is 5.25 Å². The van der Waals surface area contributed by atoms with Crippen LogP contribution < -0.4 is 5.69 Å². The zero-order valence-corrected chi connectivity index (χ0v) is 16.2. The van der Waals surface area contributed by atoms with E-state index in [1.165, 1.54) is 0 Å². The number of imidazole rings is 1. The molecule has 3 nitrogen and oxygen atoms in total. The minimum Gasteiger partial charge on any atom is -0.290 e. The maximum atomic E-state index is 13.6. The van der Waals surface area contributed by atoms with Crippen molar-refractivity contribution >= 4 is 11.8 Å². The molecule has 1 aromatic heterocycles. The van der Waals surface area contributed by atoms with Crippen LogP contribution in [0.15, 0.2) is 95.8 Å². The molecule has 3 aromatic carbocycles. The quantitative estimate of drug-likeness (QED) is 0.448. The van der Waals surface area contributed by atoms with E-state index in [0.717, 1.165) is 40.5 Å². The Morgan fingerprint density at radius 2 is 1.25 bits per heavy atom. The third-order valence-electron chi connectivity index (χ3n) is 5.04. The lowest BCUT2D eigenvalue weighted by molar-refractivity contribution is 0.688. The van der Waals surface area contributed by atoms with E-state index in [-0.39, 0.29) is 5.69 Å². The number of para-hydroxylation sites is 1. The fourth-order valence-corrected chi connectivity index (χ4v) is 4.16. The monoisotopic (exact) mass is 384 g/mol. The Balaban J connectivity index is 1.87. The first kappa shape index (κ1) is 17.1. The zero-order chi connectivity index (χ0) is 18.9. The number of hydrogen-bond donors (Lipinski definition) is 0. The van der Waals surface area contributed by atoms with Crippen molar-refractivity contribution in [2.24, 2.45) is 0 Å². The van der Waals surface area contributed by atoms with Crippen LogP contribution in [0.3, 0.4) is 0 Å². The van der Waals surface area contributed by atoms with Gasteiger partial charge in [-0.15, -0.1) is 0 Å². The Kier molecular flexibility index (Phi) is 4.41. The molecular weight excluding hydrogens is 364 g/mol. The lowest BCUT2D eigenvalue weighted by Gasteiger charge is -2.11. The van der Waals surface area contributed by atoms with Crippen LogP contribution in [0.1, 0.15) is 0 Å². The molecule has 4 aromatic rings. The molecule has 0 unspecified atom stereocenters. The number of rotatable bonds is 5. The molecule has 2 heterocycles. The molecule has 5 rings (SSSR count). The summed E-state index contributed by atoms with van der Waals surface area (Å²) in [6.45, 7) is 0.743. The molecular formula is C24H20N2OS. The summed E-state index contributed by atoms with van der Waals surface area (Å²) in [5.74, 6) is 1.12. The first-order valence-electron chi connectivity index (χ1n) is 9.46. The highest BCUT2D eigenvalue weighted by molar-refractivity contribution is 8.06. The fourth-order valence-electron chi connectivity index (χ4n) is 3.66. The molecule has 0 radical (unpaired) electrons. The van der Waals surface area contributed by atoms with Crippen LogP contribution in [0.5, 0.6) is 0 Å². The average Bonchev–Trinajstić information content (AvgIpc) is 3.53. The maximum Gasteiger partial charge on any atom is 0.333 e. The number of aromatic nitrogens is 2. The molecule has 1 aliphatic rings. The second kappa shape index (κ2) is 7.21. The van der Waals surface area contributed by atoms with E-state index in [1.54, 1.807) is 0 Å². The van der Waals surface area contributed by atoms with E-state index in [4.69, 9.17) is 0 Å². The van der Waals surface area contributed by atoms with Gasteiger partial charge in [0, 0.05) is 28.7 Å². The number of thioether (sulfide) groups is 1. The molecule has 0 amide bonds. The van der Waals surface area contributed by atoms with Crippen LogP contribution in [-0.2, 0) is 6.54 Å². The van der Waals surface area contributed by atoms with E-state index in [2.05, 4.69) is 24.3 Å². The van der Waals surface area contributed by atoms with Gasteiger partial charge in [0.2, 0.25) is 0 Å². The number of nitrogens with zero attached hydrogens (tertiary/aromatic N) is 2. The molecule has 4 heteroatoms. The van der Waals surface area contributed by atoms with Gasteiger partial charge in [0.1, 0.15) is 0 Å². The van der Waals surface area contributed by atoms with E-state index in [9.17, 15) is 4.79 Å². The molecule has 0 bridgehead atoms. The molecule has 1 aliphatic heterocycles. The fraction of sp³-hybridized carbons (Fsp3) is 0.125. The smallest absolute Gasteiger partial charge is 0.290 e. The summed E-state index contributed by atoms with van der Waals surface area (Å²) in [5.41, 5.74) is 4.98. The van der Waals surface area contributed by atoms with Gasteiger partial charge in [0.15, 0.2) is 0 Å². The topological polar surface area (TPSA) is 26.9 Å². The van der Waals surface area contributed by atoms with Gasteiger partial charge in [0.05, 0.1) is 17.1 Å². The van der Waals surface area contributed by atoms with Crippen molar-refractivity contribution in [2.75, 3.05) is 5.75 Å². The van der Waals surface area contributed by atoms with Crippen molar-refractivity contribution < 1.29 is 0 Å². The molecule has 1 saturated heterocycles. The summed E-state index contributed by atoms with van der Waals surface area (Å²) in [7, 11) is 0. The molecule has 0 aliphatic carbocycles. The Bertz CT molecular complexity index is 1140. The first-order chi connectivity index (χ1) is 13.8. The van der Waals surface area contributed by atoms with Crippen LogP contribution in [0.25, 0.3) is 28.2 Å². The van der Waals surface area contributed by atoms with Crippen molar-refractivity contribution in [1.29, 1.82) is 0 Å². The Labute approximate surface area is 168 Å². The highest BCUT2D eigenvalue weighted by atomic mass is 32.2. The lowest BCUT2D eigenvalue weighted by Crippen LogP contribution is -2.25. The predicted octanol–water partition coefficient (Wildman–Crippen LogP) is 5.09. The van der Waals surface area contributed by atoms with Crippen molar-refractivity contribution in [2.45, 2.75) is 11.8 Å². The minimum absolute atomic E-state index is 0.0245. The van der Waals surface area contributed by atoms with Crippen LogP contribution in [-0.4, -0.2) is 20.1 Å². The van der Waals surface area contributed by atoms with Gasteiger partial charge in [-0.25, -0.2) is 4.79 Å². The van der Waals surface area contributed by atoms with Crippen molar-refractivity contribution in [3.63, 3.8) is 0 Å². The summed E-state index contributed by atoms with van der Waals surface area (Å²) in [6.07, 6.45) is 0. The highest BCUT2D eigenvalue weighted by Gasteiger charge is 2.29. The van der Waals surface area contributed by atoms with Crippen molar-refractivity contribution in [1.82, 2.24) is 9.13 Å². The third-order valence-corrected chi connectivity index (χ3v) is 5.99. The lowest BCUT2D eigenvalue weighted by atomic mass is 10.0. The summed E-state index contributed by atoms with van der Waals surface area (Å²) >= 11 is 1.91. The Hall–Kier alpha value is -2.98. The van der Waals surface area contributed by atoms with E-state index in [1.807, 2.05) is 87.6 Å². The largest absolute Gasteiger partial charge is 0.333 e. The van der Waals surface area contributed by atoms with Gasteiger partial charge in [0.25, 0.3) is 0 Å². The highest BCUT2D eigenvalue weighted by Crippen LogP contribution is 2.37. The number of benzene rings is 3. The van der Waals surface area contributed by atoms with Crippen molar-refractivity contribution in [3.8, 4) is 28.2 Å². The SMILES string of the molecule is O=c1n(C[C@@H]2CS2)c(-c2ccccc2)c(-c2ccccc2)n1-c1ccccc1. The van der Waals surface area contributed by atoms with Gasteiger partial charge < -0.3 is 0 Å². The second-order valence-electron chi connectivity index (χ2n) is 6.95. The molecule has 138 valence electrons. The summed E-state index contributed by atoms with van der Waals surface area (Å²) < 4.78 is 3.83. The van der Waals surface area contributed by atoms with Gasteiger partial charge in [-0.05, 0) is 12.1 Å². The van der Waals surface area contributed by atoms with Crippen molar-refractivity contribution in [3.05, 3.63) is 101 Å². The van der Waals surface area contributed by atoms with Crippen LogP contribution in [0, 0.1) is 0 Å². The van der Waals surface area contributed by atoms with Crippen LogP contribution in [0.4, 0.5) is 0 Å². The van der Waals surface area contributed by atoms with Crippen LogP contribution in [0.2, 0.25) is 0 Å². The standard InChI is InChI=1S/C24H20N2OS/c27-24-25(16-21-17-28-21)22(18-10-4-1-5-11-18)23(19-12-6-2-7-13-19)26(24)20-14-8-3-9-15-20/h1-15,21H,16-17H2/t21-/m1/s1. The number of hydrogen-bond acceptors (Lipinski definition) is 2. The molecule has 0 N–H and O–H groups in total. The normalized spacial score (nSPS) is 15.5. The second-order valence-corrected chi connectivity index (χ2v) is 8.28. The van der Waals surface area contributed by atoms with E-state index < -0.39 is 0 Å². The molecule has 1 atom stereocenters. The third kappa shape index (κ3) is 3.10. The van der Waals surface area contributed by atoms with Gasteiger partial charge in [-0.1, -0.05) is 78.9 Å². The molecule has 28 heavy (non-hydrogen) atoms. The maximum absolute atomic E-state index is 13.6. The summed E-state index contributed by atoms with van der Waals surface area (Å²) in [5, 5.41) is 0.524. The van der Waals surface area contributed by atoms with Gasteiger partial charge in [-0.3, -0.25) is 9.13 Å². The summed E-state index contributed by atoms with van der Waals surface area (Å²) in [4.78, 5) is 13.6. The summed E-state index contributed by atoms with van der Waals surface area (Å²) in [6, 6.07) is 30.4. The zero-order valence-electron chi connectivity index (χ0n) is 15.4. The molecule has 0 saturated carbocycles. The van der Waals surface area contributed by atoms with E-state index >= 15 is 0 Å².